The van der Waals surface area contributed by atoms with E-state index in [1.54, 1.807) is 0 Å². The van der Waals surface area contributed by atoms with Gasteiger partial charge in [0.15, 0.2) is 5.78 Å². The maximum atomic E-state index is 11.9. The van der Waals surface area contributed by atoms with Gasteiger partial charge < -0.3 is 10.1 Å². The molecule has 0 heterocycles. The van der Waals surface area contributed by atoms with E-state index in [1.165, 1.54) is 36.7 Å². The van der Waals surface area contributed by atoms with Crippen LogP contribution in [0, 0.1) is 0 Å². The Kier molecular flexibility index (Phi) is 4.30. The molecule has 0 aliphatic rings. The van der Waals surface area contributed by atoms with Crippen LogP contribution in [0.2, 0.25) is 0 Å². The third kappa shape index (κ3) is 3.76. The lowest BCUT2D eigenvalue weighted by Gasteiger charge is -2.07. The summed E-state index contributed by atoms with van der Waals surface area (Å²) < 4.78 is 40.4. The lowest BCUT2D eigenvalue weighted by molar-refractivity contribution is -0.173. The molecule has 7 heteroatoms. The highest BCUT2D eigenvalue weighted by Gasteiger charge is 2.38. The summed E-state index contributed by atoms with van der Waals surface area (Å²) in [7, 11) is 1.44. The van der Waals surface area contributed by atoms with Gasteiger partial charge in [0.05, 0.1) is 13.7 Å². The lowest BCUT2D eigenvalue weighted by atomic mass is 10.1. The van der Waals surface area contributed by atoms with Crippen LogP contribution < -0.4 is 10.1 Å². The molecule has 1 amide bonds. The predicted octanol–water partition coefficient (Wildman–Crippen LogP) is 1.56. The van der Waals surface area contributed by atoms with Gasteiger partial charge in [-0.15, -0.1) is 0 Å². The average molecular weight is 261 g/mol. The standard InChI is InChI=1S/C11H10F3NO3/c1-18-8-4-2-7(3-5-8)9(16)6-15-10(17)11(12,13)14/h2-5H,6H2,1H3,(H,15,17). The minimum Gasteiger partial charge on any atom is -0.497 e. The third-order valence-corrected chi connectivity index (χ3v) is 2.08. The summed E-state index contributed by atoms with van der Waals surface area (Å²) in [4.78, 5) is 21.9. The van der Waals surface area contributed by atoms with Crippen LogP contribution in [0.5, 0.6) is 5.75 Å². The molecule has 0 atom stereocenters. The van der Waals surface area contributed by atoms with Gasteiger partial charge in [0.2, 0.25) is 0 Å². The fraction of sp³-hybridized carbons (Fsp3) is 0.273. The number of ketones is 1. The molecule has 1 aromatic carbocycles. The van der Waals surface area contributed by atoms with Crippen molar-refractivity contribution in [3.05, 3.63) is 29.8 Å². The van der Waals surface area contributed by atoms with E-state index in [0.717, 1.165) is 0 Å². The molecule has 0 fully saturated rings. The predicted molar refractivity (Wildman–Crippen MR) is 56.4 cm³/mol. The van der Waals surface area contributed by atoms with Gasteiger partial charge in [-0.3, -0.25) is 9.59 Å². The Morgan fingerprint density at radius 3 is 2.22 bits per heavy atom. The fourth-order valence-corrected chi connectivity index (χ4v) is 1.14. The minimum absolute atomic E-state index is 0.193. The SMILES string of the molecule is COc1ccc(C(=O)CNC(=O)C(F)(F)F)cc1. The Morgan fingerprint density at radius 2 is 1.78 bits per heavy atom. The molecular weight excluding hydrogens is 251 g/mol. The molecule has 0 saturated carbocycles. The van der Waals surface area contributed by atoms with E-state index in [9.17, 15) is 22.8 Å². The molecule has 0 saturated heterocycles. The van der Waals surface area contributed by atoms with Crippen molar-refractivity contribution in [3.8, 4) is 5.75 Å². The van der Waals surface area contributed by atoms with Crippen molar-refractivity contribution in [2.75, 3.05) is 13.7 Å². The zero-order valence-electron chi connectivity index (χ0n) is 9.38. The summed E-state index contributed by atoms with van der Waals surface area (Å²) in [6.45, 7) is -0.704. The third-order valence-electron chi connectivity index (χ3n) is 2.08. The van der Waals surface area contributed by atoms with Crippen molar-refractivity contribution in [1.29, 1.82) is 0 Å². The Hall–Kier alpha value is -2.05. The quantitative estimate of drug-likeness (QED) is 0.837. The minimum atomic E-state index is -4.99. The van der Waals surface area contributed by atoms with Crippen molar-refractivity contribution in [3.63, 3.8) is 0 Å². The second kappa shape index (κ2) is 5.52. The monoisotopic (exact) mass is 261 g/mol. The largest absolute Gasteiger partial charge is 0.497 e. The first kappa shape index (κ1) is 14.0. The summed E-state index contributed by atoms with van der Waals surface area (Å²) in [5, 5.41) is 1.50. The van der Waals surface area contributed by atoms with Crippen molar-refractivity contribution in [2.45, 2.75) is 6.18 Å². The normalized spacial score (nSPS) is 10.9. The molecule has 0 radical (unpaired) electrons. The summed E-state index contributed by atoms with van der Waals surface area (Å²) in [6, 6.07) is 5.81. The molecule has 0 bridgehead atoms. The van der Waals surface area contributed by atoms with Gasteiger partial charge in [-0.25, -0.2) is 0 Å². The van der Waals surface area contributed by atoms with E-state index in [-0.39, 0.29) is 5.56 Å². The van der Waals surface area contributed by atoms with Gasteiger partial charge in [-0.05, 0) is 24.3 Å². The second-order valence-corrected chi connectivity index (χ2v) is 3.33. The molecule has 1 rings (SSSR count). The number of benzene rings is 1. The van der Waals surface area contributed by atoms with Crippen LogP contribution in [-0.2, 0) is 4.79 Å². The summed E-state index contributed by atoms with van der Waals surface area (Å²) in [5.74, 6) is -2.23. The number of hydrogen-bond donors (Lipinski definition) is 1. The molecule has 0 unspecified atom stereocenters. The number of amides is 1. The van der Waals surface area contributed by atoms with Crippen LogP contribution in [0.4, 0.5) is 13.2 Å². The topological polar surface area (TPSA) is 55.4 Å². The van der Waals surface area contributed by atoms with Gasteiger partial charge >= 0.3 is 12.1 Å². The van der Waals surface area contributed by atoms with Crippen LogP contribution in [0.25, 0.3) is 0 Å². The molecule has 0 aliphatic heterocycles. The van der Waals surface area contributed by atoms with E-state index in [2.05, 4.69) is 0 Å². The van der Waals surface area contributed by atoms with Gasteiger partial charge in [-0.2, -0.15) is 13.2 Å². The average Bonchev–Trinajstić information content (AvgIpc) is 2.34. The second-order valence-electron chi connectivity index (χ2n) is 3.33. The fourth-order valence-electron chi connectivity index (χ4n) is 1.14. The maximum Gasteiger partial charge on any atom is 0.471 e. The number of nitrogens with one attached hydrogen (secondary N) is 1. The summed E-state index contributed by atoms with van der Waals surface area (Å²) in [5.41, 5.74) is 0.193. The molecule has 4 nitrogen and oxygen atoms in total. The smallest absolute Gasteiger partial charge is 0.471 e. The first-order chi connectivity index (χ1) is 8.34. The molecule has 0 aromatic heterocycles. The van der Waals surface area contributed by atoms with E-state index >= 15 is 0 Å². The van der Waals surface area contributed by atoms with Crippen LogP contribution in [0.15, 0.2) is 24.3 Å². The van der Waals surface area contributed by atoms with Crippen LogP contribution in [-0.4, -0.2) is 31.5 Å². The number of ether oxygens (including phenoxy) is 1. The molecule has 0 spiro atoms. The van der Waals surface area contributed by atoms with E-state index < -0.39 is 24.4 Å². The van der Waals surface area contributed by atoms with Crippen molar-refractivity contribution in [2.24, 2.45) is 0 Å². The number of carbonyl (C=O) groups is 2. The highest BCUT2D eigenvalue weighted by atomic mass is 19.4. The first-order valence-corrected chi connectivity index (χ1v) is 4.87. The van der Waals surface area contributed by atoms with Gasteiger partial charge in [-0.1, -0.05) is 0 Å². The van der Waals surface area contributed by atoms with Crippen LogP contribution >= 0.6 is 0 Å². The van der Waals surface area contributed by atoms with E-state index in [4.69, 9.17) is 4.74 Å². The number of halogens is 3. The maximum absolute atomic E-state index is 11.9. The lowest BCUT2D eigenvalue weighted by Crippen LogP contribution is -2.39. The van der Waals surface area contributed by atoms with Crippen molar-refractivity contribution in [1.82, 2.24) is 5.32 Å². The van der Waals surface area contributed by atoms with Gasteiger partial charge in [0.1, 0.15) is 5.75 Å². The number of methoxy groups -OCH3 is 1. The number of alkyl halides is 3. The summed E-state index contributed by atoms with van der Waals surface area (Å²) in [6.07, 6.45) is -4.99. The Morgan fingerprint density at radius 1 is 1.22 bits per heavy atom. The number of Topliss-reactive ketones (excluding diaryl/α,β-unsaturated/α-hetero) is 1. The Labute approximate surface area is 101 Å². The number of hydrogen-bond acceptors (Lipinski definition) is 3. The number of rotatable bonds is 4. The van der Waals surface area contributed by atoms with E-state index in [0.29, 0.717) is 5.75 Å². The summed E-state index contributed by atoms with van der Waals surface area (Å²) >= 11 is 0. The highest BCUT2D eigenvalue weighted by molar-refractivity contribution is 5.99. The Bertz CT molecular complexity index is 440. The highest BCUT2D eigenvalue weighted by Crippen LogP contribution is 2.14. The molecule has 0 aliphatic carbocycles. The number of carbonyl (C=O) groups excluding carboxylic acids is 2. The molecule has 1 aromatic rings. The van der Waals surface area contributed by atoms with Gasteiger partial charge in [0, 0.05) is 5.56 Å². The van der Waals surface area contributed by atoms with Crippen LogP contribution in [0.1, 0.15) is 10.4 Å². The zero-order valence-corrected chi connectivity index (χ0v) is 9.38. The van der Waals surface area contributed by atoms with Gasteiger partial charge in [0.25, 0.3) is 0 Å². The zero-order chi connectivity index (χ0) is 13.8. The Balaban J connectivity index is 2.58. The first-order valence-electron chi connectivity index (χ1n) is 4.87. The van der Waals surface area contributed by atoms with Crippen LogP contribution in [0.3, 0.4) is 0 Å². The molecule has 18 heavy (non-hydrogen) atoms. The van der Waals surface area contributed by atoms with E-state index in [1.807, 2.05) is 0 Å². The molecule has 98 valence electrons. The molecule has 1 N–H and O–H groups in total. The van der Waals surface area contributed by atoms with Crippen molar-refractivity contribution >= 4 is 11.7 Å². The molecular formula is C11H10F3NO3. The van der Waals surface area contributed by atoms with Crippen molar-refractivity contribution < 1.29 is 27.5 Å².